The number of carbonyl (C=O) groups is 1. The summed E-state index contributed by atoms with van der Waals surface area (Å²) in [7, 11) is 1.65. The number of esters is 1. The van der Waals surface area contributed by atoms with Crippen molar-refractivity contribution >= 4 is 32.7 Å². The quantitative estimate of drug-likeness (QED) is 0.601. The van der Waals surface area contributed by atoms with E-state index in [0.29, 0.717) is 18.7 Å². The molecule has 0 unspecified atom stereocenters. The molecule has 2 aromatic carbocycles. The second-order valence-corrected chi connectivity index (χ2v) is 9.07. The fraction of sp³-hybridized carbons (Fsp3) is 0.364. The number of aromatic nitrogens is 1. The fourth-order valence-electron chi connectivity index (χ4n) is 3.21. The molecular weight excluding hydrogens is 372 g/mol. The Morgan fingerprint density at radius 1 is 1.14 bits per heavy atom. The lowest BCUT2D eigenvalue weighted by atomic mass is 9.87. The van der Waals surface area contributed by atoms with Crippen LogP contribution in [0.25, 0.3) is 10.2 Å². The number of hydrogen-bond donors (Lipinski definition) is 0. The number of carbonyl (C=O) groups excluding carboxylic acids is 1. The zero-order valence-corrected chi connectivity index (χ0v) is 17.4. The van der Waals surface area contributed by atoms with E-state index in [1.54, 1.807) is 18.4 Å². The third-order valence-electron chi connectivity index (χ3n) is 4.97. The maximum atomic E-state index is 12.4. The Hall–Kier alpha value is -2.60. The molecule has 0 saturated carbocycles. The van der Waals surface area contributed by atoms with Gasteiger partial charge in [0.05, 0.1) is 30.5 Å². The summed E-state index contributed by atoms with van der Waals surface area (Å²) in [5.41, 5.74) is 2.74. The van der Waals surface area contributed by atoms with Gasteiger partial charge in [-0.3, -0.25) is 0 Å². The number of para-hydroxylation sites is 1. The standard InChI is InChI=1S/C22H24N2O3S/c1-22(2,3)15-10-8-14(9-11-15)20(25)27-16-12-24(13-16)21-23-19-17(26-4)6-5-7-18(19)28-21/h5-11,16H,12-13H2,1-4H3. The van der Waals surface area contributed by atoms with E-state index in [9.17, 15) is 4.79 Å². The zero-order valence-electron chi connectivity index (χ0n) is 16.6. The first-order valence-electron chi connectivity index (χ1n) is 9.35. The Morgan fingerprint density at radius 3 is 2.50 bits per heavy atom. The van der Waals surface area contributed by atoms with Crippen LogP contribution in [-0.4, -0.2) is 37.3 Å². The second kappa shape index (κ2) is 7.09. The number of thiazole rings is 1. The highest BCUT2D eigenvalue weighted by Crippen LogP contribution is 2.36. The third-order valence-corrected chi connectivity index (χ3v) is 6.05. The lowest BCUT2D eigenvalue weighted by Crippen LogP contribution is -2.53. The van der Waals surface area contributed by atoms with Gasteiger partial charge in [-0.1, -0.05) is 50.3 Å². The summed E-state index contributed by atoms with van der Waals surface area (Å²) in [4.78, 5) is 19.2. The molecule has 28 heavy (non-hydrogen) atoms. The van der Waals surface area contributed by atoms with Gasteiger partial charge in [0, 0.05) is 0 Å². The molecule has 0 radical (unpaired) electrons. The van der Waals surface area contributed by atoms with Crippen LogP contribution < -0.4 is 9.64 Å². The highest BCUT2D eigenvalue weighted by molar-refractivity contribution is 7.22. The molecule has 0 spiro atoms. The molecule has 0 N–H and O–H groups in total. The van der Waals surface area contributed by atoms with Crippen LogP contribution in [-0.2, 0) is 10.2 Å². The van der Waals surface area contributed by atoms with Gasteiger partial charge < -0.3 is 14.4 Å². The maximum Gasteiger partial charge on any atom is 0.338 e. The first-order valence-corrected chi connectivity index (χ1v) is 10.2. The monoisotopic (exact) mass is 396 g/mol. The Kier molecular flexibility index (Phi) is 4.75. The molecule has 4 rings (SSSR count). The summed E-state index contributed by atoms with van der Waals surface area (Å²) < 4.78 is 12.1. The summed E-state index contributed by atoms with van der Waals surface area (Å²) >= 11 is 1.63. The number of methoxy groups -OCH3 is 1. The molecule has 1 aliphatic heterocycles. The van der Waals surface area contributed by atoms with Crippen molar-refractivity contribution in [3.63, 3.8) is 0 Å². The van der Waals surface area contributed by atoms with Crippen LogP contribution in [0.1, 0.15) is 36.7 Å². The Bertz CT molecular complexity index is 999. The molecule has 0 aliphatic carbocycles. The van der Waals surface area contributed by atoms with Crippen molar-refractivity contribution in [2.75, 3.05) is 25.1 Å². The smallest absolute Gasteiger partial charge is 0.338 e. The van der Waals surface area contributed by atoms with E-state index in [1.807, 2.05) is 42.5 Å². The van der Waals surface area contributed by atoms with E-state index >= 15 is 0 Å². The van der Waals surface area contributed by atoms with Crippen LogP contribution in [0.15, 0.2) is 42.5 Å². The minimum absolute atomic E-state index is 0.0663. The summed E-state index contributed by atoms with van der Waals surface area (Å²) in [6.45, 7) is 7.78. The number of anilines is 1. The van der Waals surface area contributed by atoms with Crippen LogP contribution in [0, 0.1) is 0 Å². The molecule has 2 heterocycles. The van der Waals surface area contributed by atoms with Crippen molar-refractivity contribution in [1.82, 2.24) is 4.98 Å². The van der Waals surface area contributed by atoms with Crippen molar-refractivity contribution in [2.45, 2.75) is 32.3 Å². The van der Waals surface area contributed by atoms with Crippen LogP contribution >= 0.6 is 11.3 Å². The third kappa shape index (κ3) is 3.56. The Balaban J connectivity index is 1.37. The van der Waals surface area contributed by atoms with Crippen molar-refractivity contribution in [3.05, 3.63) is 53.6 Å². The molecular formula is C22H24N2O3S. The van der Waals surface area contributed by atoms with Crippen molar-refractivity contribution in [1.29, 1.82) is 0 Å². The summed E-state index contributed by atoms with van der Waals surface area (Å²) in [6.07, 6.45) is -0.108. The minimum Gasteiger partial charge on any atom is -0.494 e. The molecule has 6 heteroatoms. The number of hydrogen-bond acceptors (Lipinski definition) is 6. The van der Waals surface area contributed by atoms with Gasteiger partial charge in [-0.2, -0.15) is 0 Å². The van der Waals surface area contributed by atoms with Gasteiger partial charge >= 0.3 is 5.97 Å². The number of nitrogens with zero attached hydrogens (tertiary/aromatic N) is 2. The largest absolute Gasteiger partial charge is 0.494 e. The van der Waals surface area contributed by atoms with Gasteiger partial charge in [0.2, 0.25) is 0 Å². The molecule has 1 fully saturated rings. The van der Waals surface area contributed by atoms with E-state index in [-0.39, 0.29) is 17.5 Å². The van der Waals surface area contributed by atoms with E-state index < -0.39 is 0 Å². The first-order chi connectivity index (χ1) is 13.3. The topological polar surface area (TPSA) is 51.7 Å². The summed E-state index contributed by atoms with van der Waals surface area (Å²) in [5.74, 6) is 0.512. The van der Waals surface area contributed by atoms with Gasteiger partial charge in [0.25, 0.3) is 0 Å². The molecule has 3 aromatic rings. The van der Waals surface area contributed by atoms with Gasteiger partial charge in [0.1, 0.15) is 17.4 Å². The molecule has 1 saturated heterocycles. The lowest BCUT2D eigenvalue weighted by Gasteiger charge is -2.38. The fourth-order valence-corrected chi connectivity index (χ4v) is 4.21. The van der Waals surface area contributed by atoms with Crippen LogP contribution in [0.5, 0.6) is 5.75 Å². The molecule has 5 nitrogen and oxygen atoms in total. The number of rotatable bonds is 4. The molecule has 0 amide bonds. The summed E-state index contributed by atoms with van der Waals surface area (Å²) in [6, 6.07) is 13.6. The number of ether oxygens (including phenoxy) is 2. The maximum absolute atomic E-state index is 12.4. The second-order valence-electron chi connectivity index (χ2n) is 8.06. The Labute approximate surface area is 168 Å². The van der Waals surface area contributed by atoms with Crippen LogP contribution in [0.3, 0.4) is 0 Å². The van der Waals surface area contributed by atoms with E-state index in [4.69, 9.17) is 9.47 Å². The van der Waals surface area contributed by atoms with Crippen molar-refractivity contribution < 1.29 is 14.3 Å². The van der Waals surface area contributed by atoms with Crippen LogP contribution in [0.2, 0.25) is 0 Å². The van der Waals surface area contributed by atoms with Gasteiger partial charge in [-0.25, -0.2) is 9.78 Å². The van der Waals surface area contributed by atoms with Gasteiger partial charge in [-0.15, -0.1) is 0 Å². The Morgan fingerprint density at radius 2 is 1.86 bits per heavy atom. The minimum atomic E-state index is -0.268. The summed E-state index contributed by atoms with van der Waals surface area (Å²) in [5, 5.41) is 0.932. The van der Waals surface area contributed by atoms with E-state index in [2.05, 4.69) is 30.7 Å². The van der Waals surface area contributed by atoms with Crippen molar-refractivity contribution in [3.8, 4) is 5.75 Å². The van der Waals surface area contributed by atoms with Gasteiger partial charge in [0.15, 0.2) is 5.13 Å². The predicted octanol–water partition coefficient (Wildman–Crippen LogP) is 4.65. The molecule has 1 aromatic heterocycles. The molecule has 146 valence electrons. The number of benzene rings is 2. The number of fused-ring (bicyclic) bond motifs is 1. The van der Waals surface area contributed by atoms with E-state index in [0.717, 1.165) is 21.1 Å². The lowest BCUT2D eigenvalue weighted by molar-refractivity contribution is 0.0234. The van der Waals surface area contributed by atoms with Gasteiger partial charge in [-0.05, 0) is 35.2 Å². The predicted molar refractivity (Wildman–Crippen MR) is 113 cm³/mol. The van der Waals surface area contributed by atoms with E-state index in [1.165, 1.54) is 5.56 Å². The zero-order chi connectivity index (χ0) is 19.9. The van der Waals surface area contributed by atoms with Crippen molar-refractivity contribution in [2.24, 2.45) is 0 Å². The SMILES string of the molecule is COc1cccc2sc(N3CC(OC(=O)c4ccc(C(C)(C)C)cc4)C3)nc12. The average molecular weight is 397 g/mol. The normalized spacial score (nSPS) is 14.8. The molecule has 0 atom stereocenters. The molecule has 1 aliphatic rings. The highest BCUT2D eigenvalue weighted by atomic mass is 32.1. The average Bonchev–Trinajstić information content (AvgIpc) is 3.07. The van der Waals surface area contributed by atoms with Crippen LogP contribution in [0.4, 0.5) is 5.13 Å². The first kappa shape index (κ1) is 18.7. The highest BCUT2D eigenvalue weighted by Gasteiger charge is 2.32. The molecule has 0 bridgehead atoms.